The smallest absolute Gasteiger partial charge is 0.314 e. The van der Waals surface area contributed by atoms with Crippen molar-refractivity contribution in [3.05, 3.63) is 24.3 Å². The van der Waals surface area contributed by atoms with Gasteiger partial charge in [-0.05, 0) is 63.8 Å². The fourth-order valence-electron chi connectivity index (χ4n) is 6.94. The number of nitrogens with one attached hydrogen (secondary N) is 2. The molecular formula is C30H40N4O8+2. The van der Waals surface area contributed by atoms with Crippen LogP contribution in [0, 0.1) is 11.8 Å². The summed E-state index contributed by atoms with van der Waals surface area (Å²) in [5.74, 6) is -2.35. The highest BCUT2D eigenvalue weighted by molar-refractivity contribution is 6.23. The zero-order valence-corrected chi connectivity index (χ0v) is 24.3. The third kappa shape index (κ3) is 5.82. The number of amides is 4. The van der Waals surface area contributed by atoms with Gasteiger partial charge in [-0.1, -0.05) is 0 Å². The van der Waals surface area contributed by atoms with Gasteiger partial charge < -0.3 is 19.3 Å². The summed E-state index contributed by atoms with van der Waals surface area (Å²) in [6.45, 7) is 6.45. The second-order valence-corrected chi connectivity index (χ2v) is 11.6. The molecule has 0 aromatic heterocycles. The molecule has 2 N–H and O–H groups in total. The van der Waals surface area contributed by atoms with E-state index >= 15 is 0 Å². The molecule has 4 aliphatic heterocycles. The van der Waals surface area contributed by atoms with Gasteiger partial charge in [-0.2, -0.15) is 0 Å². The van der Waals surface area contributed by atoms with Crippen molar-refractivity contribution >= 4 is 46.9 Å². The minimum atomic E-state index is -0.567. The summed E-state index contributed by atoms with van der Waals surface area (Å²) in [4.78, 5) is 81.5. The van der Waals surface area contributed by atoms with Gasteiger partial charge in [-0.25, -0.2) is 9.80 Å². The first-order valence-corrected chi connectivity index (χ1v) is 15.1. The van der Waals surface area contributed by atoms with Crippen LogP contribution in [0.15, 0.2) is 24.3 Å². The van der Waals surface area contributed by atoms with Crippen molar-refractivity contribution in [1.29, 1.82) is 0 Å². The summed E-state index contributed by atoms with van der Waals surface area (Å²) < 4.78 is 10.4. The summed E-state index contributed by atoms with van der Waals surface area (Å²) in [5.41, 5.74) is 0.758. The SMILES string of the molecule is CCOC(=O)C1CCC[NH+](C2CC(=O)N(c3ccc(N4C(=O)CC([NH+]5CCCC(C(=O)OCC)C5)C4=O)cc3)C2=O)C1. The normalized spacial score (nSPS) is 30.1. The minimum Gasteiger partial charge on any atom is -0.466 e. The quantitative estimate of drug-likeness (QED) is 0.283. The van der Waals surface area contributed by atoms with Gasteiger partial charge in [-0.15, -0.1) is 0 Å². The van der Waals surface area contributed by atoms with Crippen LogP contribution in [0.1, 0.15) is 52.4 Å². The highest BCUT2D eigenvalue weighted by Crippen LogP contribution is 2.28. The number of benzene rings is 1. The Balaban J connectivity index is 1.25. The van der Waals surface area contributed by atoms with Crippen molar-refractivity contribution < 1.29 is 48.0 Å². The van der Waals surface area contributed by atoms with E-state index in [4.69, 9.17) is 9.47 Å². The maximum atomic E-state index is 13.4. The monoisotopic (exact) mass is 584 g/mol. The molecule has 42 heavy (non-hydrogen) atoms. The zero-order valence-electron chi connectivity index (χ0n) is 24.3. The average Bonchev–Trinajstić information content (AvgIpc) is 3.46. The molecule has 0 spiro atoms. The van der Waals surface area contributed by atoms with E-state index in [9.17, 15) is 28.8 Å². The third-order valence-corrected chi connectivity index (χ3v) is 9.00. The second-order valence-electron chi connectivity index (χ2n) is 11.6. The Morgan fingerprint density at radius 3 is 1.45 bits per heavy atom. The predicted molar refractivity (Wildman–Crippen MR) is 148 cm³/mol. The number of piperidine rings is 2. The highest BCUT2D eigenvalue weighted by Gasteiger charge is 2.49. The maximum absolute atomic E-state index is 13.4. The molecule has 4 saturated heterocycles. The summed E-state index contributed by atoms with van der Waals surface area (Å²) in [6.07, 6.45) is 3.08. The van der Waals surface area contributed by atoms with Gasteiger partial charge in [0, 0.05) is 0 Å². The van der Waals surface area contributed by atoms with Gasteiger partial charge in [0.2, 0.25) is 11.8 Å². The summed E-state index contributed by atoms with van der Waals surface area (Å²) in [5, 5.41) is 0. The van der Waals surface area contributed by atoms with E-state index in [1.807, 2.05) is 0 Å². The average molecular weight is 585 g/mol. The lowest BCUT2D eigenvalue weighted by Gasteiger charge is -2.31. The Kier molecular flexibility index (Phi) is 9.02. The van der Waals surface area contributed by atoms with Crippen molar-refractivity contribution in [3.8, 4) is 0 Å². The zero-order chi connectivity index (χ0) is 30.0. The summed E-state index contributed by atoms with van der Waals surface area (Å²) in [7, 11) is 0. The van der Waals surface area contributed by atoms with Gasteiger partial charge in [-0.3, -0.25) is 28.8 Å². The molecular weight excluding hydrogens is 544 g/mol. The Bertz CT molecular complexity index is 1160. The number of imide groups is 2. The van der Waals surface area contributed by atoms with Crippen LogP contribution in [0.2, 0.25) is 0 Å². The van der Waals surface area contributed by atoms with Crippen LogP contribution < -0.4 is 19.6 Å². The summed E-state index contributed by atoms with van der Waals surface area (Å²) in [6, 6.07) is 5.20. The number of carbonyl (C=O) groups excluding carboxylic acids is 6. The molecule has 5 rings (SSSR count). The molecule has 4 fully saturated rings. The molecule has 1 aromatic rings. The molecule has 226 valence electrons. The lowest BCUT2D eigenvalue weighted by molar-refractivity contribution is -0.922. The summed E-state index contributed by atoms with van der Waals surface area (Å²) >= 11 is 0. The number of hydrogen-bond acceptors (Lipinski definition) is 8. The Hall–Kier alpha value is -3.64. The van der Waals surface area contributed by atoms with Crippen LogP contribution in [-0.2, 0) is 38.2 Å². The van der Waals surface area contributed by atoms with E-state index in [0.717, 1.165) is 22.6 Å². The number of ether oxygens (including phenoxy) is 2. The Labute approximate surface area is 244 Å². The van der Waals surface area contributed by atoms with Gasteiger partial charge in [0.15, 0.2) is 12.1 Å². The number of rotatable bonds is 8. The molecule has 1 aromatic carbocycles. The number of esters is 2. The number of anilines is 2. The van der Waals surface area contributed by atoms with Crippen molar-refractivity contribution in [2.45, 2.75) is 64.5 Å². The molecule has 4 heterocycles. The van der Waals surface area contributed by atoms with Crippen molar-refractivity contribution in [1.82, 2.24) is 0 Å². The van der Waals surface area contributed by atoms with Crippen molar-refractivity contribution in [2.24, 2.45) is 11.8 Å². The number of hydrogen-bond donors (Lipinski definition) is 2. The molecule has 0 radical (unpaired) electrons. The fourth-order valence-corrected chi connectivity index (χ4v) is 6.94. The van der Waals surface area contributed by atoms with Crippen LogP contribution in [0.5, 0.6) is 0 Å². The molecule has 4 amide bonds. The molecule has 0 saturated carbocycles. The molecule has 6 atom stereocenters. The largest absolute Gasteiger partial charge is 0.466 e. The van der Waals surface area contributed by atoms with E-state index in [1.165, 1.54) is 9.80 Å². The van der Waals surface area contributed by atoms with Crippen LogP contribution >= 0.6 is 0 Å². The molecule has 12 heteroatoms. The van der Waals surface area contributed by atoms with Crippen LogP contribution in [0.4, 0.5) is 11.4 Å². The first-order chi connectivity index (χ1) is 20.2. The van der Waals surface area contributed by atoms with Gasteiger partial charge >= 0.3 is 11.9 Å². The molecule has 4 aliphatic rings. The predicted octanol–water partition coefficient (Wildman–Crippen LogP) is -1.33. The Morgan fingerprint density at radius 1 is 0.714 bits per heavy atom. The number of carbonyl (C=O) groups is 6. The standard InChI is InChI=1S/C30H38N4O8/c1-3-41-29(39)19-7-5-13-31(17-19)23-15-25(35)33(27(23)37)21-9-11-22(12-10-21)34-26(36)16-24(28(34)38)32-14-6-8-20(18-32)30(40)42-4-2/h9-12,19-20,23-24H,3-8,13-18H2,1-2H3/p+2. The highest BCUT2D eigenvalue weighted by atomic mass is 16.5. The molecule has 0 aliphatic carbocycles. The third-order valence-electron chi connectivity index (χ3n) is 9.00. The van der Waals surface area contributed by atoms with Crippen LogP contribution in [-0.4, -0.2) is 87.0 Å². The van der Waals surface area contributed by atoms with E-state index in [0.29, 0.717) is 63.6 Å². The number of likely N-dealkylation sites (tertiary alicyclic amines) is 2. The molecule has 6 unspecified atom stereocenters. The first-order valence-electron chi connectivity index (χ1n) is 15.1. The van der Waals surface area contributed by atoms with Gasteiger partial charge in [0.25, 0.3) is 11.8 Å². The number of quaternary nitrogens is 2. The van der Waals surface area contributed by atoms with E-state index in [2.05, 4.69) is 0 Å². The van der Waals surface area contributed by atoms with Crippen molar-refractivity contribution in [3.63, 3.8) is 0 Å². The van der Waals surface area contributed by atoms with E-state index in [-0.39, 0.29) is 60.2 Å². The number of nitrogens with zero attached hydrogens (tertiary/aromatic N) is 2. The van der Waals surface area contributed by atoms with Crippen molar-refractivity contribution in [2.75, 3.05) is 49.2 Å². The lowest BCUT2D eigenvalue weighted by atomic mass is 9.96. The molecule has 0 bridgehead atoms. The van der Waals surface area contributed by atoms with Crippen LogP contribution in [0.25, 0.3) is 0 Å². The maximum Gasteiger partial charge on any atom is 0.314 e. The molecule has 12 nitrogen and oxygen atoms in total. The minimum absolute atomic E-state index is 0.0572. The topological polar surface area (TPSA) is 136 Å². The van der Waals surface area contributed by atoms with Gasteiger partial charge in [0.05, 0.1) is 63.6 Å². The lowest BCUT2D eigenvalue weighted by Crippen LogP contribution is -3.18. The van der Waals surface area contributed by atoms with E-state index in [1.54, 1.807) is 38.1 Å². The Morgan fingerprint density at radius 2 is 1.10 bits per heavy atom. The van der Waals surface area contributed by atoms with Crippen LogP contribution in [0.3, 0.4) is 0 Å². The fraction of sp³-hybridized carbons (Fsp3) is 0.600. The van der Waals surface area contributed by atoms with Gasteiger partial charge in [0.1, 0.15) is 11.8 Å². The van der Waals surface area contributed by atoms with E-state index < -0.39 is 12.1 Å². The second kappa shape index (κ2) is 12.7. The first kappa shape index (κ1) is 29.8.